The van der Waals surface area contributed by atoms with Crippen molar-refractivity contribution in [3.63, 3.8) is 0 Å². The summed E-state index contributed by atoms with van der Waals surface area (Å²) in [5.41, 5.74) is -1.45. The SMILES string of the molecule is O=C(NS(=O)(=O)c1ccc(N[C@H](CCN2CCC(F)(F)CC2)CSc2ccccc2)c(S(=O)(=O)C(F)(F)F)c1)c1ccc(N2CCN(CC3=C(c4ccc(Cl)cc4)CCCC3)CC2)cc1. The van der Waals surface area contributed by atoms with E-state index in [1.807, 2.05) is 40.0 Å². The predicted octanol–water partition coefficient (Wildman–Crippen LogP) is 9.60. The first-order valence-corrected chi connectivity index (χ1v) is 25.8. The number of carbonyl (C=O) groups is 1. The summed E-state index contributed by atoms with van der Waals surface area (Å²) in [4.78, 5) is 18.3. The molecular formula is C46H51ClF5N5O5S3. The van der Waals surface area contributed by atoms with Crippen LogP contribution in [0.25, 0.3) is 5.57 Å². The summed E-state index contributed by atoms with van der Waals surface area (Å²) >= 11 is 7.49. The molecule has 0 saturated carbocycles. The maximum Gasteiger partial charge on any atom is 0.501 e. The monoisotopic (exact) mass is 979 g/mol. The van der Waals surface area contributed by atoms with Crippen molar-refractivity contribution in [3.05, 3.63) is 119 Å². The number of sulfone groups is 1. The molecule has 2 fully saturated rings. The summed E-state index contributed by atoms with van der Waals surface area (Å²) in [6.45, 7) is 4.49. The Hall–Kier alpha value is -4.20. The lowest BCUT2D eigenvalue weighted by atomic mass is 9.87. The molecule has 10 nitrogen and oxygen atoms in total. The van der Waals surface area contributed by atoms with Gasteiger partial charge in [-0.05, 0) is 110 Å². The quantitative estimate of drug-likeness (QED) is 0.0831. The van der Waals surface area contributed by atoms with Gasteiger partial charge in [-0.1, -0.05) is 47.5 Å². The van der Waals surface area contributed by atoms with E-state index in [0.29, 0.717) is 17.6 Å². The van der Waals surface area contributed by atoms with Gasteiger partial charge < -0.3 is 15.1 Å². The third kappa shape index (κ3) is 12.6. The number of thioether (sulfide) groups is 1. The number of likely N-dealkylation sites (tertiary alicyclic amines) is 1. The highest BCUT2D eigenvalue weighted by Gasteiger charge is 2.48. The number of anilines is 2. The standard InChI is InChI=1S/C46H51ClF5N5O5S3/c47-36-14-10-33(11-15-36)41-9-5-4-6-35(41)31-56-26-28-57(29-27-56)38-16-12-34(13-17-38)44(58)54-65(61,62)40-18-19-42(43(30-40)64(59,60)46(50,51)52)53-37(32-63-39-7-2-1-3-8-39)20-23-55-24-21-45(48,49)22-25-55/h1-3,7-8,10-19,30,37,53H,4-6,9,20-29,31-32H2,(H,54,58)/t37-/m1/s1. The van der Waals surface area contributed by atoms with Gasteiger partial charge in [-0.3, -0.25) is 9.69 Å². The Morgan fingerprint density at radius 1 is 0.800 bits per heavy atom. The van der Waals surface area contributed by atoms with Gasteiger partial charge in [-0.15, -0.1) is 11.8 Å². The Labute approximate surface area is 386 Å². The molecule has 350 valence electrons. The first kappa shape index (κ1) is 48.7. The second-order valence-corrected chi connectivity index (χ2v) is 21.7. The molecule has 0 spiro atoms. The van der Waals surface area contributed by atoms with Crippen molar-refractivity contribution in [2.24, 2.45) is 0 Å². The molecule has 7 rings (SSSR count). The number of alkyl halides is 5. The number of carbonyl (C=O) groups excluding carboxylic acids is 1. The van der Waals surface area contributed by atoms with Crippen molar-refractivity contribution >= 4 is 66.1 Å². The van der Waals surface area contributed by atoms with Crippen LogP contribution in [-0.4, -0.2) is 108 Å². The van der Waals surface area contributed by atoms with Crippen LogP contribution < -0.4 is 14.9 Å². The van der Waals surface area contributed by atoms with Crippen molar-refractivity contribution < 1.29 is 43.6 Å². The summed E-state index contributed by atoms with van der Waals surface area (Å²) in [5.74, 6) is -3.59. The number of amides is 1. The number of piperidine rings is 1. The van der Waals surface area contributed by atoms with Gasteiger partial charge in [0.15, 0.2) is 0 Å². The van der Waals surface area contributed by atoms with Crippen molar-refractivity contribution in [1.29, 1.82) is 0 Å². The van der Waals surface area contributed by atoms with Crippen LogP contribution in [0.2, 0.25) is 5.02 Å². The van der Waals surface area contributed by atoms with Crippen LogP contribution in [0.5, 0.6) is 0 Å². The normalized spacial score (nSPS) is 18.3. The fourth-order valence-electron chi connectivity index (χ4n) is 8.35. The topological polar surface area (TPSA) is 119 Å². The molecule has 0 bridgehead atoms. The van der Waals surface area contributed by atoms with E-state index < -0.39 is 58.7 Å². The number of sulfonamides is 1. The minimum Gasteiger partial charge on any atom is -0.380 e. The summed E-state index contributed by atoms with van der Waals surface area (Å²) in [6.07, 6.45) is 3.98. The number of halogens is 6. The van der Waals surface area contributed by atoms with Gasteiger partial charge >= 0.3 is 5.51 Å². The van der Waals surface area contributed by atoms with E-state index in [-0.39, 0.29) is 43.7 Å². The van der Waals surface area contributed by atoms with Crippen LogP contribution in [0.1, 0.15) is 60.9 Å². The lowest BCUT2D eigenvalue weighted by Crippen LogP contribution is -2.47. The van der Waals surface area contributed by atoms with Gasteiger partial charge in [-0.2, -0.15) is 13.2 Å². The average Bonchev–Trinajstić information content (AvgIpc) is 3.28. The van der Waals surface area contributed by atoms with Crippen LogP contribution in [0.4, 0.5) is 33.3 Å². The molecule has 19 heteroatoms. The lowest BCUT2D eigenvalue weighted by Gasteiger charge is -2.37. The second kappa shape index (κ2) is 20.8. The first-order chi connectivity index (χ1) is 30.9. The highest BCUT2D eigenvalue weighted by Crippen LogP contribution is 2.38. The molecule has 1 amide bonds. The molecule has 0 unspecified atom stereocenters. The highest BCUT2D eigenvalue weighted by atomic mass is 35.5. The minimum absolute atomic E-state index is 0.0347. The molecule has 2 heterocycles. The number of allylic oxidation sites excluding steroid dienone is 1. The molecule has 1 aliphatic carbocycles. The zero-order valence-corrected chi connectivity index (χ0v) is 38.7. The van der Waals surface area contributed by atoms with Crippen molar-refractivity contribution in [3.8, 4) is 0 Å². The first-order valence-electron chi connectivity index (χ1n) is 21.5. The molecule has 0 aromatic heterocycles. The van der Waals surface area contributed by atoms with Crippen molar-refractivity contribution in [1.82, 2.24) is 14.5 Å². The Balaban J connectivity index is 1.02. The number of nitrogens with one attached hydrogen (secondary N) is 2. The number of piperazine rings is 1. The van der Waals surface area contributed by atoms with Crippen molar-refractivity contribution in [2.75, 3.05) is 68.3 Å². The molecule has 4 aromatic carbocycles. The van der Waals surface area contributed by atoms with Gasteiger partial charge in [0, 0.05) is 98.2 Å². The summed E-state index contributed by atoms with van der Waals surface area (Å²) < 4.78 is 125. The average molecular weight is 981 g/mol. The largest absolute Gasteiger partial charge is 0.501 e. The smallest absolute Gasteiger partial charge is 0.380 e. The molecule has 3 aliphatic rings. The van der Waals surface area contributed by atoms with E-state index >= 15 is 0 Å². The third-order valence-corrected chi connectivity index (χ3v) is 16.4. The maximum atomic E-state index is 14.2. The van der Waals surface area contributed by atoms with Crippen LogP contribution >= 0.6 is 23.4 Å². The molecule has 65 heavy (non-hydrogen) atoms. The van der Waals surface area contributed by atoms with Gasteiger partial charge in [0.25, 0.3) is 31.7 Å². The van der Waals surface area contributed by atoms with Gasteiger partial charge in [-0.25, -0.2) is 30.3 Å². The van der Waals surface area contributed by atoms with Crippen molar-refractivity contribution in [2.45, 2.75) is 77.1 Å². The summed E-state index contributed by atoms with van der Waals surface area (Å²) in [6, 6.07) is 24.9. The molecule has 2 aliphatic heterocycles. The molecular weight excluding hydrogens is 929 g/mol. The van der Waals surface area contributed by atoms with E-state index in [0.717, 1.165) is 81.1 Å². The number of hydrogen-bond acceptors (Lipinski definition) is 10. The zero-order valence-electron chi connectivity index (χ0n) is 35.5. The van der Waals surface area contributed by atoms with Crippen LogP contribution in [-0.2, 0) is 19.9 Å². The van der Waals surface area contributed by atoms with E-state index in [1.54, 1.807) is 24.3 Å². The van der Waals surface area contributed by atoms with Crippen LogP contribution in [0, 0.1) is 0 Å². The van der Waals surface area contributed by atoms with Gasteiger partial charge in [0.1, 0.15) is 4.90 Å². The molecule has 4 aromatic rings. The Kier molecular flexibility index (Phi) is 15.6. The lowest BCUT2D eigenvalue weighted by molar-refractivity contribution is -0.0552. The number of hydrogen-bond donors (Lipinski definition) is 2. The summed E-state index contributed by atoms with van der Waals surface area (Å²) in [5, 5.41) is 3.60. The van der Waals surface area contributed by atoms with Crippen LogP contribution in [0.15, 0.2) is 117 Å². The predicted molar refractivity (Wildman–Crippen MR) is 246 cm³/mol. The number of benzene rings is 4. The van der Waals surface area contributed by atoms with Gasteiger partial charge in [0.2, 0.25) is 0 Å². The molecule has 2 saturated heterocycles. The fraction of sp³-hybridized carbons (Fsp3) is 0.413. The molecule has 1 atom stereocenters. The van der Waals surface area contributed by atoms with E-state index in [1.165, 1.54) is 40.6 Å². The summed E-state index contributed by atoms with van der Waals surface area (Å²) in [7, 11) is -11.0. The van der Waals surface area contributed by atoms with Gasteiger partial charge in [0.05, 0.1) is 10.6 Å². The Bertz CT molecular complexity index is 2530. The molecule has 0 radical (unpaired) electrons. The Morgan fingerprint density at radius 3 is 2.12 bits per heavy atom. The third-order valence-electron chi connectivity index (χ3n) is 12.1. The Morgan fingerprint density at radius 2 is 1.46 bits per heavy atom. The zero-order chi connectivity index (χ0) is 46.4. The maximum absolute atomic E-state index is 14.2. The number of nitrogens with zero attached hydrogens (tertiary/aromatic N) is 3. The van der Waals surface area contributed by atoms with E-state index in [9.17, 15) is 43.6 Å². The second-order valence-electron chi connectivity index (χ2n) is 16.6. The number of rotatable bonds is 16. The minimum atomic E-state index is -6.13. The van der Waals surface area contributed by atoms with Crippen LogP contribution in [0.3, 0.4) is 0 Å². The fourth-order valence-corrected chi connectivity index (χ4v) is 11.5. The van der Waals surface area contributed by atoms with E-state index in [2.05, 4.69) is 27.2 Å². The molecule has 2 N–H and O–H groups in total. The van der Waals surface area contributed by atoms with E-state index in [4.69, 9.17) is 11.6 Å². The highest BCUT2D eigenvalue weighted by molar-refractivity contribution is 7.99.